The van der Waals surface area contributed by atoms with Crippen molar-refractivity contribution in [2.24, 2.45) is 5.92 Å². The van der Waals surface area contributed by atoms with Gasteiger partial charge in [-0.15, -0.1) is 0 Å². The van der Waals surface area contributed by atoms with Gasteiger partial charge < -0.3 is 10.2 Å². The van der Waals surface area contributed by atoms with Crippen LogP contribution in [-0.4, -0.2) is 35.1 Å². The van der Waals surface area contributed by atoms with E-state index in [2.05, 4.69) is 67.9 Å². The molecule has 1 aromatic heterocycles. The standard InChI is InChI=1S/C16H27N3S/c1-12(2)8-17-9-15-6-5-7-16(18-15)19-10-13(3)20-14(4)11-19/h5-7,12-14,17H,8-11H2,1-4H3. The Labute approximate surface area is 127 Å². The highest BCUT2D eigenvalue weighted by molar-refractivity contribution is 8.00. The second-order valence-corrected chi connectivity index (χ2v) is 8.06. The Morgan fingerprint density at radius 1 is 1.30 bits per heavy atom. The molecule has 3 nitrogen and oxygen atoms in total. The van der Waals surface area contributed by atoms with Crippen LogP contribution in [0.15, 0.2) is 18.2 Å². The van der Waals surface area contributed by atoms with Crippen molar-refractivity contribution in [1.82, 2.24) is 10.3 Å². The van der Waals surface area contributed by atoms with Crippen LogP contribution in [0.25, 0.3) is 0 Å². The molecule has 112 valence electrons. The van der Waals surface area contributed by atoms with E-state index in [0.29, 0.717) is 16.4 Å². The zero-order chi connectivity index (χ0) is 14.5. The van der Waals surface area contributed by atoms with Gasteiger partial charge in [-0.1, -0.05) is 33.8 Å². The van der Waals surface area contributed by atoms with Gasteiger partial charge in [-0.25, -0.2) is 4.98 Å². The fraction of sp³-hybridized carbons (Fsp3) is 0.688. The third-order valence-corrected chi connectivity index (χ3v) is 4.62. The minimum absolute atomic E-state index is 0.680. The van der Waals surface area contributed by atoms with Gasteiger partial charge in [0.05, 0.1) is 5.69 Å². The van der Waals surface area contributed by atoms with Crippen molar-refractivity contribution in [2.75, 3.05) is 24.5 Å². The molecular weight excluding hydrogens is 266 g/mol. The Kier molecular flexibility index (Phi) is 5.73. The fourth-order valence-corrected chi connectivity index (χ4v) is 3.92. The highest BCUT2D eigenvalue weighted by Crippen LogP contribution is 2.27. The van der Waals surface area contributed by atoms with Crippen LogP contribution in [0.3, 0.4) is 0 Å². The molecule has 0 amide bonds. The van der Waals surface area contributed by atoms with E-state index in [1.807, 2.05) is 0 Å². The summed E-state index contributed by atoms with van der Waals surface area (Å²) in [6, 6.07) is 6.38. The topological polar surface area (TPSA) is 28.2 Å². The van der Waals surface area contributed by atoms with Crippen LogP contribution in [-0.2, 0) is 6.54 Å². The quantitative estimate of drug-likeness (QED) is 0.902. The normalized spacial score (nSPS) is 23.4. The van der Waals surface area contributed by atoms with Gasteiger partial charge in [-0.05, 0) is 24.6 Å². The summed E-state index contributed by atoms with van der Waals surface area (Å²) >= 11 is 2.08. The predicted molar refractivity (Wildman–Crippen MR) is 89.5 cm³/mol. The molecule has 1 aliphatic heterocycles. The van der Waals surface area contributed by atoms with Crippen molar-refractivity contribution in [3.05, 3.63) is 23.9 Å². The first-order valence-electron chi connectivity index (χ1n) is 7.61. The van der Waals surface area contributed by atoms with Crippen LogP contribution in [0.1, 0.15) is 33.4 Å². The zero-order valence-corrected chi connectivity index (χ0v) is 13.9. The van der Waals surface area contributed by atoms with Crippen molar-refractivity contribution in [3.8, 4) is 0 Å². The molecular formula is C16H27N3S. The number of pyridine rings is 1. The largest absolute Gasteiger partial charge is 0.354 e. The van der Waals surface area contributed by atoms with Crippen molar-refractivity contribution < 1.29 is 0 Å². The van der Waals surface area contributed by atoms with Gasteiger partial charge >= 0.3 is 0 Å². The molecule has 2 rings (SSSR count). The molecule has 2 unspecified atom stereocenters. The number of hydrogen-bond donors (Lipinski definition) is 1. The van der Waals surface area contributed by atoms with Gasteiger partial charge in [-0.2, -0.15) is 11.8 Å². The minimum atomic E-state index is 0.680. The third-order valence-electron chi connectivity index (χ3n) is 3.39. The second kappa shape index (κ2) is 7.32. The lowest BCUT2D eigenvalue weighted by atomic mass is 10.2. The molecule has 1 fully saturated rings. The summed E-state index contributed by atoms with van der Waals surface area (Å²) in [4.78, 5) is 7.24. The van der Waals surface area contributed by atoms with E-state index in [9.17, 15) is 0 Å². The zero-order valence-electron chi connectivity index (χ0n) is 13.1. The van der Waals surface area contributed by atoms with E-state index in [0.717, 1.165) is 37.7 Å². The maximum absolute atomic E-state index is 4.82. The summed E-state index contributed by atoms with van der Waals surface area (Å²) in [5, 5.41) is 4.83. The molecule has 0 spiro atoms. The van der Waals surface area contributed by atoms with Crippen molar-refractivity contribution in [2.45, 2.75) is 44.7 Å². The molecule has 1 N–H and O–H groups in total. The summed E-state index contributed by atoms with van der Waals surface area (Å²) in [7, 11) is 0. The van der Waals surface area contributed by atoms with Gasteiger partial charge in [0.1, 0.15) is 5.82 Å². The number of hydrogen-bond acceptors (Lipinski definition) is 4. The lowest BCUT2D eigenvalue weighted by Crippen LogP contribution is -2.41. The summed E-state index contributed by atoms with van der Waals surface area (Å²) in [6.07, 6.45) is 0. The number of thioether (sulfide) groups is 1. The lowest BCUT2D eigenvalue weighted by Gasteiger charge is -2.35. The Bertz CT molecular complexity index is 412. The van der Waals surface area contributed by atoms with E-state index >= 15 is 0 Å². The first-order chi connectivity index (χ1) is 9.54. The smallest absolute Gasteiger partial charge is 0.128 e. The highest BCUT2D eigenvalue weighted by Gasteiger charge is 2.23. The van der Waals surface area contributed by atoms with E-state index < -0.39 is 0 Å². The molecule has 0 bridgehead atoms. The van der Waals surface area contributed by atoms with Crippen LogP contribution >= 0.6 is 11.8 Å². The third kappa shape index (κ3) is 4.67. The van der Waals surface area contributed by atoms with Crippen LogP contribution in [0.5, 0.6) is 0 Å². The number of nitrogens with one attached hydrogen (secondary N) is 1. The highest BCUT2D eigenvalue weighted by atomic mass is 32.2. The van der Waals surface area contributed by atoms with Crippen LogP contribution in [0, 0.1) is 5.92 Å². The van der Waals surface area contributed by atoms with E-state index in [4.69, 9.17) is 4.98 Å². The summed E-state index contributed by atoms with van der Waals surface area (Å²) in [5.41, 5.74) is 1.14. The fourth-order valence-electron chi connectivity index (χ4n) is 2.60. The number of nitrogens with zero attached hydrogens (tertiary/aromatic N) is 2. The van der Waals surface area contributed by atoms with Gasteiger partial charge in [0.2, 0.25) is 0 Å². The maximum Gasteiger partial charge on any atom is 0.128 e. The molecule has 2 heterocycles. The summed E-state index contributed by atoms with van der Waals surface area (Å²) in [5.74, 6) is 1.81. The molecule has 0 saturated carbocycles. The van der Waals surface area contributed by atoms with Gasteiger partial charge in [-0.3, -0.25) is 0 Å². The molecule has 2 atom stereocenters. The molecule has 1 saturated heterocycles. The average molecular weight is 293 g/mol. The first kappa shape index (κ1) is 15.6. The minimum Gasteiger partial charge on any atom is -0.354 e. The Morgan fingerprint density at radius 3 is 2.65 bits per heavy atom. The number of anilines is 1. The molecule has 0 radical (unpaired) electrons. The van der Waals surface area contributed by atoms with Crippen molar-refractivity contribution in [1.29, 1.82) is 0 Å². The first-order valence-corrected chi connectivity index (χ1v) is 8.56. The van der Waals surface area contributed by atoms with Crippen LogP contribution in [0.2, 0.25) is 0 Å². The number of aromatic nitrogens is 1. The van der Waals surface area contributed by atoms with Gasteiger partial charge in [0.15, 0.2) is 0 Å². The molecule has 1 aromatic rings. The monoisotopic (exact) mass is 293 g/mol. The van der Waals surface area contributed by atoms with Gasteiger partial charge in [0.25, 0.3) is 0 Å². The Morgan fingerprint density at radius 2 is 2.00 bits per heavy atom. The van der Waals surface area contributed by atoms with Crippen LogP contribution < -0.4 is 10.2 Å². The SMILES string of the molecule is CC(C)CNCc1cccc(N2CC(C)SC(C)C2)n1. The molecule has 1 aliphatic rings. The van der Waals surface area contributed by atoms with Crippen molar-refractivity contribution >= 4 is 17.6 Å². The molecule has 20 heavy (non-hydrogen) atoms. The van der Waals surface area contributed by atoms with E-state index in [1.165, 1.54) is 0 Å². The molecule has 4 heteroatoms. The summed E-state index contributed by atoms with van der Waals surface area (Å²) < 4.78 is 0. The van der Waals surface area contributed by atoms with E-state index in [-0.39, 0.29) is 0 Å². The Hall–Kier alpha value is -0.740. The summed E-state index contributed by atoms with van der Waals surface area (Å²) in [6.45, 7) is 13.2. The van der Waals surface area contributed by atoms with Crippen LogP contribution in [0.4, 0.5) is 5.82 Å². The molecule has 0 aliphatic carbocycles. The van der Waals surface area contributed by atoms with Crippen molar-refractivity contribution in [3.63, 3.8) is 0 Å². The van der Waals surface area contributed by atoms with E-state index in [1.54, 1.807) is 0 Å². The second-order valence-electron chi connectivity index (χ2n) is 6.17. The average Bonchev–Trinajstić information content (AvgIpc) is 2.37. The lowest BCUT2D eigenvalue weighted by molar-refractivity contribution is 0.548. The van der Waals surface area contributed by atoms with Gasteiger partial charge in [0, 0.05) is 30.1 Å². The predicted octanol–water partition coefficient (Wildman–Crippen LogP) is 3.16. The number of rotatable bonds is 5. The Balaban J connectivity index is 1.98. The maximum atomic E-state index is 4.82. The molecule has 0 aromatic carbocycles.